The van der Waals surface area contributed by atoms with Crippen molar-refractivity contribution in [2.75, 3.05) is 52.8 Å². The van der Waals surface area contributed by atoms with E-state index in [1.807, 2.05) is 25.1 Å². The first-order valence-corrected chi connectivity index (χ1v) is 18.2. The van der Waals surface area contributed by atoms with Gasteiger partial charge in [-0.2, -0.15) is 0 Å². The maximum atomic E-state index is 13.8. The number of fused-ring (bicyclic) bond motifs is 3. The van der Waals surface area contributed by atoms with Crippen molar-refractivity contribution in [3.05, 3.63) is 77.4 Å². The summed E-state index contributed by atoms with van der Waals surface area (Å²) < 4.78 is 17.4. The van der Waals surface area contributed by atoms with Crippen LogP contribution in [0.15, 0.2) is 60.7 Å². The van der Waals surface area contributed by atoms with E-state index in [4.69, 9.17) is 14.2 Å². The molecule has 1 aliphatic heterocycles. The first-order chi connectivity index (χ1) is 26.2. The summed E-state index contributed by atoms with van der Waals surface area (Å²) in [7, 11) is 6.65. The number of carbonyl (C=O) groups excluding carboxylic acids is 5. The molecular formula is C40H52N6O9. The highest BCUT2D eigenvalue weighted by Gasteiger charge is 2.32. The maximum absolute atomic E-state index is 13.8. The lowest BCUT2D eigenvalue weighted by molar-refractivity contribution is -0.135. The third-order valence-corrected chi connectivity index (χ3v) is 9.09. The molecule has 0 fully saturated rings. The number of methoxy groups -OCH3 is 2. The summed E-state index contributed by atoms with van der Waals surface area (Å²) >= 11 is 0. The molecule has 0 unspecified atom stereocenters. The van der Waals surface area contributed by atoms with Crippen LogP contribution >= 0.6 is 0 Å². The fourth-order valence-electron chi connectivity index (χ4n) is 5.97. The lowest BCUT2D eigenvalue weighted by Gasteiger charge is -2.28. The summed E-state index contributed by atoms with van der Waals surface area (Å²) in [5.74, 6) is -1.84. The summed E-state index contributed by atoms with van der Waals surface area (Å²) in [6.07, 6.45) is -0.451. The number of ether oxygens (including phenoxy) is 3. The average Bonchev–Trinajstić information content (AvgIpc) is 3.16. The Hall–Kier alpha value is -5.83. The highest BCUT2D eigenvalue weighted by molar-refractivity contribution is 5.98. The van der Waals surface area contributed by atoms with E-state index in [2.05, 4.69) is 21.3 Å². The van der Waals surface area contributed by atoms with Crippen molar-refractivity contribution in [2.24, 2.45) is 5.92 Å². The topological polar surface area (TPSA) is 188 Å². The molecule has 0 aromatic heterocycles. The minimum Gasteiger partial charge on any atom is -0.496 e. The number of aliphatic hydroxyl groups is 1. The van der Waals surface area contributed by atoms with E-state index in [1.54, 1.807) is 68.4 Å². The molecule has 2 bridgehead atoms. The summed E-state index contributed by atoms with van der Waals surface area (Å²) in [6.45, 7) is 4.77. The molecular weight excluding hydrogens is 708 g/mol. The van der Waals surface area contributed by atoms with Gasteiger partial charge in [0.1, 0.15) is 23.6 Å². The van der Waals surface area contributed by atoms with Crippen molar-refractivity contribution < 1.29 is 43.3 Å². The van der Waals surface area contributed by atoms with E-state index in [9.17, 15) is 29.1 Å². The van der Waals surface area contributed by atoms with Crippen molar-refractivity contribution in [1.29, 1.82) is 0 Å². The number of nitrogens with one attached hydrogen (secondary N) is 4. The van der Waals surface area contributed by atoms with Crippen molar-refractivity contribution in [3.63, 3.8) is 0 Å². The third kappa shape index (κ3) is 11.1. The number of hydrogen-bond donors (Lipinski definition) is 5. The molecule has 3 aromatic carbocycles. The molecule has 5 N–H and O–H groups in total. The standard InChI is InChI=1S/C40H52N6O9/c1-24(2)35-38(50)42-22-29-30(53-6)14-11-15-31(29)55-33-21-26(16-17-32(33)54-7)37(49)41-18-8-9-19-46(23-34(48)43-36(25(3)47)39(51)44-35)40(52)27-12-10-13-28(20-27)45(4)5/h10-17,20-21,24-25,35-36,47H,8-9,18-19,22-23H2,1-7H3,(H,41,49)(H,42,50)(H,43,48)(H,44,51)/t25-,35-,36+/m1/s1. The Labute approximate surface area is 321 Å². The second kappa shape index (κ2) is 19.5. The highest BCUT2D eigenvalue weighted by Crippen LogP contribution is 2.37. The number of amides is 5. The lowest BCUT2D eigenvalue weighted by atomic mass is 10.0. The van der Waals surface area contributed by atoms with Crippen LogP contribution in [-0.4, -0.2) is 106 Å². The Morgan fingerprint density at radius 2 is 1.58 bits per heavy atom. The van der Waals surface area contributed by atoms with Gasteiger partial charge in [0.2, 0.25) is 17.7 Å². The Morgan fingerprint density at radius 1 is 0.855 bits per heavy atom. The van der Waals surface area contributed by atoms with Gasteiger partial charge in [0, 0.05) is 44.0 Å². The van der Waals surface area contributed by atoms with Crippen LogP contribution in [0.5, 0.6) is 23.0 Å². The first-order valence-electron chi connectivity index (χ1n) is 18.2. The predicted octanol–water partition coefficient (Wildman–Crippen LogP) is 2.85. The number of rotatable bonds is 6. The Bertz CT molecular complexity index is 1850. The Balaban J connectivity index is 1.69. The molecule has 4 rings (SSSR count). The van der Waals surface area contributed by atoms with Crippen molar-refractivity contribution >= 4 is 35.2 Å². The van der Waals surface area contributed by atoms with Crippen molar-refractivity contribution in [3.8, 4) is 23.0 Å². The molecule has 5 amide bonds. The lowest BCUT2D eigenvalue weighted by Crippen LogP contribution is -2.59. The summed E-state index contributed by atoms with van der Waals surface area (Å²) in [5, 5.41) is 21.6. The molecule has 1 aliphatic rings. The van der Waals surface area contributed by atoms with Crippen LogP contribution in [0.25, 0.3) is 0 Å². The Morgan fingerprint density at radius 3 is 2.25 bits per heavy atom. The van der Waals surface area contributed by atoms with Crippen LogP contribution in [0.3, 0.4) is 0 Å². The van der Waals surface area contributed by atoms with E-state index in [1.165, 1.54) is 26.0 Å². The molecule has 1 heterocycles. The van der Waals surface area contributed by atoms with E-state index in [0.29, 0.717) is 46.8 Å². The number of carbonyl (C=O) groups is 5. The van der Waals surface area contributed by atoms with Gasteiger partial charge in [-0.1, -0.05) is 26.0 Å². The van der Waals surface area contributed by atoms with Crippen LogP contribution in [0, 0.1) is 5.92 Å². The molecule has 55 heavy (non-hydrogen) atoms. The second-order valence-corrected chi connectivity index (χ2v) is 13.8. The molecule has 3 atom stereocenters. The van der Waals surface area contributed by atoms with E-state index < -0.39 is 54.3 Å². The number of nitrogens with zero attached hydrogens (tertiary/aromatic N) is 2. The smallest absolute Gasteiger partial charge is 0.254 e. The quantitative estimate of drug-likeness (QED) is 0.250. The van der Waals surface area contributed by atoms with E-state index >= 15 is 0 Å². The first kappa shape index (κ1) is 41.9. The van der Waals surface area contributed by atoms with Crippen molar-refractivity contribution in [1.82, 2.24) is 26.2 Å². The second-order valence-electron chi connectivity index (χ2n) is 13.8. The normalized spacial score (nSPS) is 18.4. The molecule has 0 saturated heterocycles. The van der Waals surface area contributed by atoms with Gasteiger partial charge in [0.15, 0.2) is 11.5 Å². The Kier molecular flexibility index (Phi) is 14.8. The van der Waals surface area contributed by atoms with Crippen LogP contribution < -0.4 is 40.4 Å². The zero-order chi connectivity index (χ0) is 40.2. The third-order valence-electron chi connectivity index (χ3n) is 9.09. The number of hydrogen-bond acceptors (Lipinski definition) is 10. The molecule has 3 aromatic rings. The van der Waals surface area contributed by atoms with Crippen LogP contribution in [0.4, 0.5) is 5.69 Å². The molecule has 0 saturated carbocycles. The molecule has 15 nitrogen and oxygen atoms in total. The van der Waals surface area contributed by atoms with Crippen LogP contribution in [-0.2, 0) is 20.9 Å². The van der Waals surface area contributed by atoms with Crippen molar-refractivity contribution in [2.45, 2.75) is 58.3 Å². The highest BCUT2D eigenvalue weighted by atomic mass is 16.5. The minimum atomic E-state index is -1.44. The monoisotopic (exact) mass is 760 g/mol. The summed E-state index contributed by atoms with van der Waals surface area (Å²) in [6, 6.07) is 14.3. The van der Waals surface area contributed by atoms with Gasteiger partial charge in [-0.15, -0.1) is 0 Å². The van der Waals surface area contributed by atoms with E-state index in [0.717, 1.165) is 5.69 Å². The molecule has 0 radical (unpaired) electrons. The van der Waals surface area contributed by atoms with E-state index in [-0.39, 0.29) is 31.3 Å². The largest absolute Gasteiger partial charge is 0.496 e. The molecule has 296 valence electrons. The van der Waals surface area contributed by atoms with Crippen LogP contribution in [0.1, 0.15) is 59.9 Å². The summed E-state index contributed by atoms with van der Waals surface area (Å²) in [5.41, 5.74) is 1.93. The molecule has 0 aliphatic carbocycles. The number of aliphatic hydroxyl groups excluding tert-OH is 1. The molecule has 15 heteroatoms. The van der Waals surface area contributed by atoms with Gasteiger partial charge in [-0.3, -0.25) is 24.0 Å². The fourth-order valence-corrected chi connectivity index (χ4v) is 5.97. The van der Waals surface area contributed by atoms with Gasteiger partial charge in [-0.05, 0) is 74.2 Å². The van der Waals surface area contributed by atoms with Crippen LogP contribution in [0.2, 0.25) is 0 Å². The molecule has 0 spiro atoms. The van der Waals surface area contributed by atoms with Gasteiger partial charge >= 0.3 is 0 Å². The van der Waals surface area contributed by atoms with Gasteiger partial charge < -0.3 is 50.4 Å². The number of benzene rings is 3. The van der Waals surface area contributed by atoms with Gasteiger partial charge in [0.05, 0.1) is 39.0 Å². The summed E-state index contributed by atoms with van der Waals surface area (Å²) in [4.78, 5) is 71.1. The average molecular weight is 761 g/mol. The SMILES string of the molecule is COc1ccc2cc1Oc1cccc(OC)c1CNC(=O)[C@@H](C(C)C)NC(=O)[C@H]([C@@H](C)O)NC(=O)CN(C(=O)c1cccc(N(C)C)c1)CCCCNC2=O. The fraction of sp³-hybridized carbons (Fsp3) is 0.425. The minimum absolute atomic E-state index is 0.0718. The zero-order valence-electron chi connectivity index (χ0n) is 32.4. The maximum Gasteiger partial charge on any atom is 0.254 e. The van der Waals surface area contributed by atoms with Gasteiger partial charge in [-0.25, -0.2) is 0 Å². The van der Waals surface area contributed by atoms with Gasteiger partial charge in [0.25, 0.3) is 11.8 Å². The zero-order valence-corrected chi connectivity index (χ0v) is 32.4. The number of anilines is 1. The predicted molar refractivity (Wildman–Crippen MR) is 207 cm³/mol.